The van der Waals surface area contributed by atoms with Crippen LogP contribution in [0.4, 0.5) is 0 Å². The summed E-state index contributed by atoms with van der Waals surface area (Å²) in [5, 5.41) is 10.6. The van der Waals surface area contributed by atoms with Gasteiger partial charge in [-0.25, -0.2) is 0 Å². The van der Waals surface area contributed by atoms with Crippen molar-refractivity contribution in [3.8, 4) is 11.5 Å². The van der Waals surface area contributed by atoms with Gasteiger partial charge in [-0.3, -0.25) is 0 Å². The number of aliphatic hydroxyl groups excluding tert-OH is 1. The monoisotopic (exact) mass is 250 g/mol. The van der Waals surface area contributed by atoms with Crippen LogP contribution in [0.3, 0.4) is 0 Å². The zero-order chi connectivity index (χ0) is 13.2. The first kappa shape index (κ1) is 13.2. The largest absolute Gasteiger partial charge is 0.493 e. The van der Waals surface area contributed by atoms with E-state index in [-0.39, 0.29) is 5.41 Å². The molecule has 2 rings (SSSR count). The van der Waals surface area contributed by atoms with Gasteiger partial charge in [0.15, 0.2) is 11.5 Å². The summed E-state index contributed by atoms with van der Waals surface area (Å²) in [7, 11) is 3.23. The quantitative estimate of drug-likeness (QED) is 0.891. The first-order valence-corrected chi connectivity index (χ1v) is 6.51. The summed E-state index contributed by atoms with van der Waals surface area (Å²) in [6, 6.07) is 5.67. The average molecular weight is 250 g/mol. The summed E-state index contributed by atoms with van der Waals surface area (Å²) in [5.41, 5.74) is 0.914. The Morgan fingerprint density at radius 1 is 1.11 bits per heavy atom. The van der Waals surface area contributed by atoms with Crippen molar-refractivity contribution in [2.45, 2.75) is 38.7 Å². The van der Waals surface area contributed by atoms with Crippen molar-refractivity contribution < 1.29 is 14.6 Å². The zero-order valence-corrected chi connectivity index (χ0v) is 11.4. The number of aliphatic hydroxyl groups is 1. The number of hydrogen-bond acceptors (Lipinski definition) is 3. The van der Waals surface area contributed by atoms with E-state index in [4.69, 9.17) is 9.47 Å². The average Bonchev–Trinajstić information content (AvgIpc) is 2.85. The Hall–Kier alpha value is -1.22. The SMILES string of the molecule is COc1ccc(C(O)C2(C)CCCC2)cc1OC. The Balaban J connectivity index is 2.27. The molecule has 1 aliphatic carbocycles. The van der Waals surface area contributed by atoms with E-state index in [1.165, 1.54) is 12.8 Å². The van der Waals surface area contributed by atoms with E-state index in [1.54, 1.807) is 14.2 Å². The van der Waals surface area contributed by atoms with Crippen molar-refractivity contribution in [3.63, 3.8) is 0 Å². The molecule has 100 valence electrons. The molecule has 0 radical (unpaired) electrons. The molecule has 3 nitrogen and oxygen atoms in total. The first-order chi connectivity index (χ1) is 8.60. The highest BCUT2D eigenvalue weighted by Gasteiger charge is 2.37. The lowest BCUT2D eigenvalue weighted by Gasteiger charge is -2.30. The van der Waals surface area contributed by atoms with Gasteiger partial charge in [0, 0.05) is 0 Å². The van der Waals surface area contributed by atoms with Gasteiger partial charge in [0.05, 0.1) is 20.3 Å². The number of ether oxygens (including phenoxy) is 2. The Bertz CT molecular complexity index is 408. The maximum atomic E-state index is 10.6. The van der Waals surface area contributed by atoms with Crippen LogP contribution in [-0.4, -0.2) is 19.3 Å². The molecule has 0 amide bonds. The van der Waals surface area contributed by atoms with Gasteiger partial charge < -0.3 is 14.6 Å². The van der Waals surface area contributed by atoms with Crippen LogP contribution in [0.1, 0.15) is 44.3 Å². The highest BCUT2D eigenvalue weighted by molar-refractivity contribution is 5.43. The lowest BCUT2D eigenvalue weighted by molar-refractivity contribution is 0.0406. The van der Waals surface area contributed by atoms with Crippen LogP contribution in [0.2, 0.25) is 0 Å². The van der Waals surface area contributed by atoms with E-state index in [2.05, 4.69) is 6.92 Å². The topological polar surface area (TPSA) is 38.7 Å². The van der Waals surface area contributed by atoms with Crippen LogP contribution < -0.4 is 9.47 Å². The minimum Gasteiger partial charge on any atom is -0.493 e. The Morgan fingerprint density at radius 3 is 2.28 bits per heavy atom. The Morgan fingerprint density at radius 2 is 1.72 bits per heavy atom. The summed E-state index contributed by atoms with van der Waals surface area (Å²) in [6.07, 6.45) is 4.16. The summed E-state index contributed by atoms with van der Waals surface area (Å²) in [5.74, 6) is 1.38. The van der Waals surface area contributed by atoms with Gasteiger partial charge in [-0.05, 0) is 36.0 Å². The third kappa shape index (κ3) is 2.32. The molecule has 1 aromatic carbocycles. The van der Waals surface area contributed by atoms with Crippen molar-refractivity contribution in [2.24, 2.45) is 5.41 Å². The van der Waals surface area contributed by atoms with Crippen molar-refractivity contribution in [3.05, 3.63) is 23.8 Å². The molecule has 1 aromatic rings. The minimum absolute atomic E-state index is 0.000397. The number of benzene rings is 1. The normalized spacial score (nSPS) is 19.6. The van der Waals surface area contributed by atoms with Crippen molar-refractivity contribution in [1.82, 2.24) is 0 Å². The second kappa shape index (κ2) is 5.19. The van der Waals surface area contributed by atoms with Crippen molar-refractivity contribution >= 4 is 0 Å². The van der Waals surface area contributed by atoms with Crippen LogP contribution in [-0.2, 0) is 0 Å². The van der Waals surface area contributed by atoms with Gasteiger partial charge in [0.1, 0.15) is 0 Å². The summed E-state index contributed by atoms with van der Waals surface area (Å²) < 4.78 is 10.5. The number of hydrogen-bond donors (Lipinski definition) is 1. The molecular weight excluding hydrogens is 228 g/mol. The van der Waals surface area contributed by atoms with E-state index >= 15 is 0 Å². The van der Waals surface area contributed by atoms with E-state index in [0.717, 1.165) is 18.4 Å². The van der Waals surface area contributed by atoms with Crippen LogP contribution in [0.5, 0.6) is 11.5 Å². The Kier molecular flexibility index (Phi) is 3.81. The maximum Gasteiger partial charge on any atom is 0.161 e. The van der Waals surface area contributed by atoms with Gasteiger partial charge in [0.2, 0.25) is 0 Å². The van der Waals surface area contributed by atoms with E-state index < -0.39 is 6.10 Å². The third-order valence-corrected chi connectivity index (χ3v) is 4.13. The fraction of sp³-hybridized carbons (Fsp3) is 0.600. The van der Waals surface area contributed by atoms with Gasteiger partial charge in [0.25, 0.3) is 0 Å². The standard InChI is InChI=1S/C15H22O3/c1-15(8-4-5-9-15)14(16)11-6-7-12(17-2)13(10-11)18-3/h6-7,10,14,16H,4-5,8-9H2,1-3H3. The van der Waals surface area contributed by atoms with Crippen LogP contribution in [0.15, 0.2) is 18.2 Å². The molecule has 3 heteroatoms. The molecule has 1 N–H and O–H groups in total. The van der Waals surface area contributed by atoms with Crippen LogP contribution in [0.25, 0.3) is 0 Å². The molecule has 18 heavy (non-hydrogen) atoms. The molecule has 0 bridgehead atoms. The summed E-state index contributed by atoms with van der Waals surface area (Å²) >= 11 is 0. The molecule has 1 unspecified atom stereocenters. The second-order valence-corrected chi connectivity index (χ2v) is 5.38. The molecule has 1 fully saturated rings. The van der Waals surface area contributed by atoms with Gasteiger partial charge >= 0.3 is 0 Å². The molecule has 1 aliphatic rings. The fourth-order valence-corrected chi connectivity index (χ4v) is 2.88. The summed E-state index contributed by atoms with van der Waals surface area (Å²) in [4.78, 5) is 0. The molecule has 0 aliphatic heterocycles. The van der Waals surface area contributed by atoms with Crippen molar-refractivity contribution in [2.75, 3.05) is 14.2 Å². The van der Waals surface area contributed by atoms with E-state index in [0.29, 0.717) is 11.5 Å². The highest BCUT2D eigenvalue weighted by atomic mass is 16.5. The molecule has 0 spiro atoms. The molecule has 1 saturated carbocycles. The maximum absolute atomic E-state index is 10.6. The third-order valence-electron chi connectivity index (χ3n) is 4.13. The highest BCUT2D eigenvalue weighted by Crippen LogP contribution is 2.48. The second-order valence-electron chi connectivity index (χ2n) is 5.38. The smallest absolute Gasteiger partial charge is 0.161 e. The van der Waals surface area contributed by atoms with Crippen LogP contribution >= 0.6 is 0 Å². The number of methoxy groups -OCH3 is 2. The predicted molar refractivity (Wildman–Crippen MR) is 71.1 cm³/mol. The van der Waals surface area contributed by atoms with E-state index in [1.807, 2.05) is 18.2 Å². The minimum atomic E-state index is -0.431. The molecular formula is C15H22O3. The van der Waals surface area contributed by atoms with Gasteiger partial charge in [-0.1, -0.05) is 25.8 Å². The number of rotatable bonds is 4. The van der Waals surface area contributed by atoms with Crippen LogP contribution in [0, 0.1) is 5.41 Å². The molecule has 0 aromatic heterocycles. The van der Waals surface area contributed by atoms with Gasteiger partial charge in [-0.2, -0.15) is 0 Å². The van der Waals surface area contributed by atoms with E-state index in [9.17, 15) is 5.11 Å². The fourth-order valence-electron chi connectivity index (χ4n) is 2.88. The predicted octanol–water partition coefficient (Wildman–Crippen LogP) is 3.32. The van der Waals surface area contributed by atoms with Gasteiger partial charge in [-0.15, -0.1) is 0 Å². The van der Waals surface area contributed by atoms with Crippen molar-refractivity contribution in [1.29, 1.82) is 0 Å². The summed E-state index contributed by atoms with van der Waals surface area (Å²) in [6.45, 7) is 2.17. The first-order valence-electron chi connectivity index (χ1n) is 6.51. The lowest BCUT2D eigenvalue weighted by atomic mass is 9.79. The molecule has 1 atom stereocenters. The lowest BCUT2D eigenvalue weighted by Crippen LogP contribution is -2.22. The zero-order valence-electron chi connectivity index (χ0n) is 11.4. The molecule has 0 heterocycles. The Labute approximate surface area is 109 Å². The molecule has 0 saturated heterocycles.